The van der Waals surface area contributed by atoms with Crippen molar-refractivity contribution in [3.05, 3.63) is 35.9 Å². The zero-order chi connectivity index (χ0) is 37.9. The zero-order valence-electron chi connectivity index (χ0n) is 33.2. The van der Waals surface area contributed by atoms with Gasteiger partial charge in [-0.2, -0.15) is 0 Å². The summed E-state index contributed by atoms with van der Waals surface area (Å²) in [5, 5.41) is 6.20. The Labute approximate surface area is 302 Å². The van der Waals surface area contributed by atoms with Gasteiger partial charge < -0.3 is 29.9 Å². The van der Waals surface area contributed by atoms with Gasteiger partial charge in [0.15, 0.2) is 0 Å². The monoisotopic (exact) mass is 701 g/mol. The van der Waals surface area contributed by atoms with Gasteiger partial charge in [-0.15, -0.1) is 0 Å². The Morgan fingerprint density at radius 1 is 0.860 bits per heavy atom. The highest BCUT2D eigenvalue weighted by atomic mass is 16.5. The molecule has 4 amide bonds. The van der Waals surface area contributed by atoms with Crippen LogP contribution in [-0.4, -0.2) is 97.6 Å². The van der Waals surface area contributed by atoms with Gasteiger partial charge >= 0.3 is 0 Å². The minimum Gasteiger partial charge on any atom is -0.379 e. The predicted molar refractivity (Wildman–Crippen MR) is 199 cm³/mol. The van der Waals surface area contributed by atoms with Crippen molar-refractivity contribution >= 4 is 23.6 Å². The molecule has 10 atom stereocenters. The maximum Gasteiger partial charge on any atom is 0.245 e. The van der Waals surface area contributed by atoms with E-state index in [2.05, 4.69) is 43.5 Å². The number of likely N-dealkylation sites (tertiary alicyclic amines) is 1. The number of nitrogens with zero attached hydrogens (tertiary/aromatic N) is 2. The minimum absolute atomic E-state index is 0.0184. The fourth-order valence-electron chi connectivity index (χ4n) is 7.15. The van der Waals surface area contributed by atoms with Crippen molar-refractivity contribution < 1.29 is 28.7 Å². The summed E-state index contributed by atoms with van der Waals surface area (Å²) in [6.45, 7) is 20.4. The van der Waals surface area contributed by atoms with E-state index in [1.165, 1.54) is 0 Å². The number of hydrogen-bond donors (Lipinski definition) is 2. The quantitative estimate of drug-likeness (QED) is 0.193. The van der Waals surface area contributed by atoms with Crippen LogP contribution in [0.1, 0.15) is 106 Å². The van der Waals surface area contributed by atoms with Crippen LogP contribution < -0.4 is 10.6 Å². The molecule has 1 aliphatic rings. The summed E-state index contributed by atoms with van der Waals surface area (Å²) in [5.74, 6) is -1.09. The lowest BCUT2D eigenvalue weighted by molar-refractivity contribution is -0.148. The molecule has 0 spiro atoms. The number of methoxy groups -OCH3 is 2. The molecule has 1 saturated heterocycles. The van der Waals surface area contributed by atoms with Gasteiger partial charge in [0.25, 0.3) is 0 Å². The lowest BCUT2D eigenvalue weighted by Gasteiger charge is -2.41. The molecule has 10 nitrogen and oxygen atoms in total. The Hall–Kier alpha value is -2.98. The van der Waals surface area contributed by atoms with E-state index in [-0.39, 0.29) is 71.7 Å². The van der Waals surface area contributed by atoms with Crippen LogP contribution in [0.5, 0.6) is 0 Å². The Morgan fingerprint density at radius 3 is 1.98 bits per heavy atom. The smallest absolute Gasteiger partial charge is 0.245 e. The van der Waals surface area contributed by atoms with Crippen LogP contribution in [0.25, 0.3) is 0 Å². The summed E-state index contributed by atoms with van der Waals surface area (Å²) < 4.78 is 12.0. The Kier molecular flexibility index (Phi) is 17.4. The van der Waals surface area contributed by atoms with Crippen molar-refractivity contribution in [3.63, 3.8) is 0 Å². The van der Waals surface area contributed by atoms with Crippen LogP contribution in [0.3, 0.4) is 0 Å². The third-order valence-corrected chi connectivity index (χ3v) is 11.3. The number of rotatable bonds is 19. The van der Waals surface area contributed by atoms with E-state index in [4.69, 9.17) is 9.47 Å². The molecule has 1 aromatic rings. The molecule has 1 aromatic carbocycles. The minimum atomic E-state index is -0.704. The summed E-state index contributed by atoms with van der Waals surface area (Å²) in [4.78, 5) is 58.3. The second-order valence-corrected chi connectivity index (χ2v) is 15.3. The van der Waals surface area contributed by atoms with E-state index < -0.39 is 30.2 Å². The summed E-state index contributed by atoms with van der Waals surface area (Å²) in [6.07, 6.45) is 1.32. The fraction of sp³-hybridized carbons (Fsp3) is 0.750. The topological polar surface area (TPSA) is 117 Å². The van der Waals surface area contributed by atoms with Gasteiger partial charge in [0.2, 0.25) is 23.6 Å². The maximum absolute atomic E-state index is 14.1. The van der Waals surface area contributed by atoms with Gasteiger partial charge in [0, 0.05) is 45.7 Å². The molecule has 1 fully saturated rings. The van der Waals surface area contributed by atoms with E-state index in [9.17, 15) is 19.2 Å². The van der Waals surface area contributed by atoms with E-state index in [1.54, 1.807) is 26.2 Å². The van der Waals surface area contributed by atoms with E-state index in [0.717, 1.165) is 24.8 Å². The molecule has 0 saturated carbocycles. The number of carbonyl (C=O) groups excluding carboxylic acids is 4. The molecule has 10 unspecified atom stereocenters. The van der Waals surface area contributed by atoms with E-state index >= 15 is 0 Å². The second kappa shape index (κ2) is 20.2. The molecule has 0 bridgehead atoms. The number of hydrogen-bond acceptors (Lipinski definition) is 6. The Morgan fingerprint density at radius 2 is 1.46 bits per heavy atom. The third-order valence-electron chi connectivity index (χ3n) is 11.3. The van der Waals surface area contributed by atoms with E-state index in [1.807, 2.05) is 71.6 Å². The van der Waals surface area contributed by atoms with Crippen LogP contribution in [-0.2, 0) is 28.7 Å². The first-order valence-corrected chi connectivity index (χ1v) is 18.8. The average Bonchev–Trinajstić information content (AvgIpc) is 3.58. The molecular weight excluding hydrogens is 632 g/mol. The third kappa shape index (κ3) is 11.0. The zero-order valence-corrected chi connectivity index (χ0v) is 33.2. The van der Waals surface area contributed by atoms with Crippen molar-refractivity contribution in [3.8, 4) is 0 Å². The Bertz CT molecular complexity index is 1230. The number of likely N-dealkylation sites (N-methyl/N-ethyl adjacent to an activating group) is 1. The summed E-state index contributed by atoms with van der Waals surface area (Å²) in [6, 6.07) is 8.66. The molecule has 0 aliphatic carbocycles. The molecule has 0 aromatic heterocycles. The van der Waals surface area contributed by atoms with Crippen LogP contribution in [0.4, 0.5) is 0 Å². The number of benzene rings is 1. The van der Waals surface area contributed by atoms with Crippen LogP contribution in [0.2, 0.25) is 0 Å². The molecule has 0 radical (unpaired) electrons. The van der Waals surface area contributed by atoms with Gasteiger partial charge in [0.1, 0.15) is 6.04 Å². The molecular formula is C40H68N4O6. The van der Waals surface area contributed by atoms with Crippen molar-refractivity contribution in [2.45, 2.75) is 137 Å². The summed E-state index contributed by atoms with van der Waals surface area (Å²) in [7, 11) is 4.94. The number of amides is 4. The van der Waals surface area contributed by atoms with Crippen molar-refractivity contribution in [2.24, 2.45) is 29.6 Å². The first-order chi connectivity index (χ1) is 23.5. The highest BCUT2D eigenvalue weighted by molar-refractivity contribution is 5.89. The number of carbonyl (C=O) groups is 4. The van der Waals surface area contributed by atoms with Gasteiger partial charge in [-0.3, -0.25) is 19.2 Å². The molecule has 1 aliphatic heterocycles. The van der Waals surface area contributed by atoms with Gasteiger partial charge in [-0.05, 0) is 43.1 Å². The highest BCUT2D eigenvalue weighted by Crippen LogP contribution is 2.30. The lowest BCUT2D eigenvalue weighted by atomic mass is 9.89. The molecule has 1 heterocycles. The maximum atomic E-state index is 14.1. The molecule has 2 N–H and O–H groups in total. The summed E-state index contributed by atoms with van der Waals surface area (Å²) >= 11 is 0. The number of ether oxygens (including phenoxy) is 2. The fourth-order valence-corrected chi connectivity index (χ4v) is 7.15. The standard InChI is InChI=1S/C40H68N4O6/c1-14-26(6)36(43(11)40(48)35(25(4)5)42-38(46)27(7)24(2)3)33(49-12)23-34(45)44-22-18-21-32(44)37(50-13)29(9)39(47)41-30(10)28(8)31-19-16-15-17-20-31/h15-17,19-20,24-30,32-33,35-37H,14,18,21-23H2,1-13H3,(H,41,47)(H,42,46). The predicted octanol–water partition coefficient (Wildman–Crippen LogP) is 5.65. The van der Waals surface area contributed by atoms with Gasteiger partial charge in [-0.25, -0.2) is 0 Å². The Balaban J connectivity index is 2.23. The molecule has 10 heteroatoms. The second-order valence-electron chi connectivity index (χ2n) is 15.3. The van der Waals surface area contributed by atoms with Gasteiger partial charge in [0.05, 0.1) is 36.6 Å². The van der Waals surface area contributed by atoms with E-state index in [0.29, 0.717) is 6.54 Å². The summed E-state index contributed by atoms with van der Waals surface area (Å²) in [5.41, 5.74) is 1.16. The van der Waals surface area contributed by atoms with Gasteiger partial charge in [-0.1, -0.05) is 99.1 Å². The lowest BCUT2D eigenvalue weighted by Crippen LogP contribution is -2.58. The largest absolute Gasteiger partial charge is 0.379 e. The first kappa shape index (κ1) is 43.2. The molecule has 284 valence electrons. The van der Waals surface area contributed by atoms with Crippen molar-refractivity contribution in [1.29, 1.82) is 0 Å². The molecule has 2 rings (SSSR count). The SMILES string of the molecule is CCC(C)C(C(CC(=O)N1CCCC1C(OC)C(C)C(=O)NC(C)C(C)c1ccccc1)OC)N(C)C(=O)C(NC(=O)C(C)C(C)C)C(C)C. The van der Waals surface area contributed by atoms with Crippen molar-refractivity contribution in [1.82, 2.24) is 20.4 Å². The van der Waals surface area contributed by atoms with Crippen LogP contribution in [0.15, 0.2) is 30.3 Å². The average molecular weight is 701 g/mol. The highest BCUT2D eigenvalue weighted by Gasteiger charge is 2.43. The van der Waals surface area contributed by atoms with Crippen LogP contribution >= 0.6 is 0 Å². The molecule has 50 heavy (non-hydrogen) atoms. The normalized spacial score (nSPS) is 20.3. The van der Waals surface area contributed by atoms with Crippen LogP contribution in [0, 0.1) is 29.6 Å². The number of nitrogens with one attached hydrogen (secondary N) is 2. The first-order valence-electron chi connectivity index (χ1n) is 18.8. The van der Waals surface area contributed by atoms with Crippen molar-refractivity contribution in [2.75, 3.05) is 27.8 Å².